The van der Waals surface area contributed by atoms with Crippen molar-refractivity contribution in [3.8, 4) is 0 Å². The van der Waals surface area contributed by atoms with Crippen LogP contribution in [0, 0.1) is 6.92 Å². The van der Waals surface area contributed by atoms with Crippen molar-refractivity contribution in [1.29, 1.82) is 0 Å². The van der Waals surface area contributed by atoms with Crippen LogP contribution in [0.2, 0.25) is 5.02 Å². The number of esters is 1. The number of aromatic nitrogens is 1. The second kappa shape index (κ2) is 6.02. The zero-order valence-electron chi connectivity index (χ0n) is 10.8. The van der Waals surface area contributed by atoms with Gasteiger partial charge in [-0.05, 0) is 23.9 Å². The number of thiophene rings is 1. The lowest BCUT2D eigenvalue weighted by Crippen LogP contribution is -2.15. The van der Waals surface area contributed by atoms with Gasteiger partial charge in [0, 0.05) is 12.4 Å². The van der Waals surface area contributed by atoms with Crippen molar-refractivity contribution in [1.82, 2.24) is 4.98 Å². The third-order valence-electron chi connectivity index (χ3n) is 2.60. The molecule has 5 nitrogen and oxygen atoms in total. The molecule has 0 atom stereocenters. The van der Waals surface area contributed by atoms with E-state index in [-0.39, 0.29) is 5.02 Å². The van der Waals surface area contributed by atoms with Gasteiger partial charge in [0.15, 0.2) is 0 Å². The van der Waals surface area contributed by atoms with Gasteiger partial charge in [0.2, 0.25) is 0 Å². The standard InChI is InChI=1S/C13H11ClN2O3S/c1-7-6-20-11(13(18)19-2)10(7)16-12(17)8-3-4-15-5-9(8)14/h3-6H,1-2H3,(H,16,17). The fourth-order valence-corrected chi connectivity index (χ4v) is 2.71. The molecule has 1 N–H and O–H groups in total. The number of ether oxygens (including phenoxy) is 1. The molecule has 20 heavy (non-hydrogen) atoms. The summed E-state index contributed by atoms with van der Waals surface area (Å²) in [6, 6.07) is 1.51. The zero-order chi connectivity index (χ0) is 14.7. The van der Waals surface area contributed by atoms with Crippen LogP contribution in [-0.4, -0.2) is 24.0 Å². The number of pyridine rings is 1. The summed E-state index contributed by atoms with van der Waals surface area (Å²) in [5, 5.41) is 4.71. The largest absolute Gasteiger partial charge is 0.465 e. The van der Waals surface area contributed by atoms with Gasteiger partial charge in [0.25, 0.3) is 5.91 Å². The number of nitrogens with zero attached hydrogens (tertiary/aromatic N) is 1. The van der Waals surface area contributed by atoms with E-state index in [0.717, 1.165) is 5.56 Å². The van der Waals surface area contributed by atoms with Crippen molar-refractivity contribution in [2.75, 3.05) is 12.4 Å². The van der Waals surface area contributed by atoms with Crippen LogP contribution in [-0.2, 0) is 4.74 Å². The highest BCUT2D eigenvalue weighted by atomic mass is 35.5. The fourth-order valence-electron chi connectivity index (χ4n) is 1.58. The Morgan fingerprint density at radius 3 is 2.85 bits per heavy atom. The van der Waals surface area contributed by atoms with Crippen LogP contribution in [0.15, 0.2) is 23.8 Å². The maximum absolute atomic E-state index is 12.2. The summed E-state index contributed by atoms with van der Waals surface area (Å²) >= 11 is 7.13. The SMILES string of the molecule is COC(=O)c1scc(C)c1NC(=O)c1ccncc1Cl. The number of hydrogen-bond donors (Lipinski definition) is 1. The molecule has 0 saturated heterocycles. The molecule has 0 aliphatic rings. The van der Waals surface area contributed by atoms with E-state index in [2.05, 4.69) is 15.0 Å². The van der Waals surface area contributed by atoms with E-state index < -0.39 is 11.9 Å². The lowest BCUT2D eigenvalue weighted by Gasteiger charge is -2.08. The second-order valence-electron chi connectivity index (χ2n) is 3.92. The smallest absolute Gasteiger partial charge is 0.350 e. The van der Waals surface area contributed by atoms with Crippen molar-refractivity contribution in [3.63, 3.8) is 0 Å². The van der Waals surface area contributed by atoms with Gasteiger partial charge in [-0.25, -0.2) is 4.79 Å². The summed E-state index contributed by atoms with van der Waals surface area (Å²) in [5.41, 5.74) is 1.52. The number of anilines is 1. The summed E-state index contributed by atoms with van der Waals surface area (Å²) in [4.78, 5) is 28.0. The molecular formula is C13H11ClN2O3S. The number of rotatable bonds is 3. The van der Waals surface area contributed by atoms with E-state index in [4.69, 9.17) is 11.6 Å². The molecule has 1 amide bonds. The number of halogens is 1. The zero-order valence-corrected chi connectivity index (χ0v) is 12.3. The van der Waals surface area contributed by atoms with Crippen LogP contribution in [0.5, 0.6) is 0 Å². The first-order chi connectivity index (χ1) is 9.54. The molecule has 2 heterocycles. The topological polar surface area (TPSA) is 68.3 Å². The van der Waals surface area contributed by atoms with Crippen LogP contribution in [0.25, 0.3) is 0 Å². The highest BCUT2D eigenvalue weighted by Crippen LogP contribution is 2.29. The Hall–Kier alpha value is -1.92. The molecule has 0 saturated carbocycles. The van der Waals surface area contributed by atoms with Gasteiger partial charge in [0.1, 0.15) is 4.88 Å². The first kappa shape index (κ1) is 14.5. The van der Waals surface area contributed by atoms with Crippen molar-refractivity contribution in [2.24, 2.45) is 0 Å². The minimum absolute atomic E-state index is 0.248. The normalized spacial score (nSPS) is 10.2. The van der Waals surface area contributed by atoms with Crippen LogP contribution in [0.1, 0.15) is 25.6 Å². The first-order valence-corrected chi connectivity index (χ1v) is 6.87. The predicted molar refractivity (Wildman–Crippen MR) is 77.6 cm³/mol. The summed E-state index contributed by atoms with van der Waals surface area (Å²) in [7, 11) is 1.29. The lowest BCUT2D eigenvalue weighted by atomic mass is 10.2. The third-order valence-corrected chi connectivity index (χ3v) is 3.98. The molecule has 104 valence electrons. The minimum atomic E-state index is -0.487. The highest BCUT2D eigenvalue weighted by Gasteiger charge is 2.20. The summed E-state index contributed by atoms with van der Waals surface area (Å²) in [6.45, 7) is 1.80. The molecule has 2 rings (SSSR count). The quantitative estimate of drug-likeness (QED) is 0.884. The van der Waals surface area contributed by atoms with E-state index in [1.165, 1.54) is 36.9 Å². The molecular weight excluding hydrogens is 300 g/mol. The fraction of sp³-hybridized carbons (Fsp3) is 0.154. The molecule has 0 aliphatic carbocycles. The Balaban J connectivity index is 2.31. The average molecular weight is 311 g/mol. The van der Waals surface area contributed by atoms with Crippen LogP contribution in [0.3, 0.4) is 0 Å². The summed E-state index contributed by atoms with van der Waals surface area (Å²) < 4.78 is 4.69. The number of methoxy groups -OCH3 is 1. The molecule has 0 unspecified atom stereocenters. The van der Waals surface area contributed by atoms with Gasteiger partial charge in [-0.3, -0.25) is 9.78 Å². The predicted octanol–water partition coefficient (Wildman–Crippen LogP) is 3.14. The van der Waals surface area contributed by atoms with Crippen molar-refractivity contribution >= 4 is 40.5 Å². The lowest BCUT2D eigenvalue weighted by molar-refractivity contribution is 0.0607. The number of amides is 1. The van der Waals surface area contributed by atoms with Gasteiger partial charge >= 0.3 is 5.97 Å². The Bertz CT molecular complexity index is 669. The Morgan fingerprint density at radius 1 is 1.45 bits per heavy atom. The average Bonchev–Trinajstić information content (AvgIpc) is 2.80. The maximum atomic E-state index is 12.2. The number of aryl methyl sites for hydroxylation is 1. The van der Waals surface area contributed by atoms with Crippen molar-refractivity contribution < 1.29 is 14.3 Å². The van der Waals surface area contributed by atoms with Crippen LogP contribution in [0.4, 0.5) is 5.69 Å². The van der Waals surface area contributed by atoms with E-state index in [1.807, 2.05) is 0 Å². The molecule has 7 heteroatoms. The number of nitrogens with one attached hydrogen (secondary N) is 1. The van der Waals surface area contributed by atoms with E-state index in [0.29, 0.717) is 16.1 Å². The number of carbonyl (C=O) groups is 2. The maximum Gasteiger partial charge on any atom is 0.350 e. The molecule has 0 aromatic carbocycles. The molecule has 0 radical (unpaired) electrons. The van der Waals surface area contributed by atoms with Crippen molar-refractivity contribution in [3.05, 3.63) is 44.9 Å². The van der Waals surface area contributed by atoms with Gasteiger partial charge < -0.3 is 10.1 Å². The number of carbonyl (C=O) groups excluding carboxylic acids is 2. The molecule has 0 spiro atoms. The first-order valence-electron chi connectivity index (χ1n) is 5.62. The van der Waals surface area contributed by atoms with Gasteiger partial charge in [-0.2, -0.15) is 0 Å². The Kier molecular flexibility index (Phi) is 4.36. The van der Waals surface area contributed by atoms with Gasteiger partial charge in [-0.15, -0.1) is 11.3 Å². The van der Waals surface area contributed by atoms with E-state index >= 15 is 0 Å². The summed E-state index contributed by atoms with van der Waals surface area (Å²) in [5.74, 6) is -0.886. The molecule has 0 fully saturated rings. The van der Waals surface area contributed by atoms with Crippen LogP contribution >= 0.6 is 22.9 Å². The van der Waals surface area contributed by atoms with Gasteiger partial charge in [-0.1, -0.05) is 11.6 Å². The minimum Gasteiger partial charge on any atom is -0.465 e. The van der Waals surface area contributed by atoms with Gasteiger partial charge in [0.05, 0.1) is 23.4 Å². The molecule has 2 aromatic rings. The molecule has 0 aliphatic heterocycles. The highest BCUT2D eigenvalue weighted by molar-refractivity contribution is 7.12. The molecule has 2 aromatic heterocycles. The van der Waals surface area contributed by atoms with E-state index in [1.54, 1.807) is 12.3 Å². The second-order valence-corrected chi connectivity index (χ2v) is 5.21. The molecule has 0 bridgehead atoms. The summed E-state index contributed by atoms with van der Waals surface area (Å²) in [6.07, 6.45) is 2.86. The van der Waals surface area contributed by atoms with Crippen LogP contribution < -0.4 is 5.32 Å². The monoisotopic (exact) mass is 310 g/mol. The van der Waals surface area contributed by atoms with Crippen molar-refractivity contribution in [2.45, 2.75) is 6.92 Å². The Morgan fingerprint density at radius 2 is 2.20 bits per heavy atom. The third kappa shape index (κ3) is 2.81. The van der Waals surface area contributed by atoms with E-state index in [9.17, 15) is 9.59 Å². The number of hydrogen-bond acceptors (Lipinski definition) is 5. The Labute approximate surface area is 124 Å².